The van der Waals surface area contributed by atoms with Gasteiger partial charge >= 0.3 is 0 Å². The van der Waals surface area contributed by atoms with Crippen LogP contribution in [0.15, 0.2) is 54.7 Å². The molecule has 6 heteroatoms. The van der Waals surface area contributed by atoms with Gasteiger partial charge in [0, 0.05) is 17.2 Å². The van der Waals surface area contributed by atoms with Gasteiger partial charge in [-0.1, -0.05) is 43.5 Å². The van der Waals surface area contributed by atoms with Gasteiger partial charge in [-0.3, -0.25) is 4.79 Å². The van der Waals surface area contributed by atoms with Gasteiger partial charge in [0.1, 0.15) is 5.82 Å². The molecule has 1 heterocycles. The van der Waals surface area contributed by atoms with Crippen LogP contribution in [0.1, 0.15) is 49.3 Å². The smallest absolute Gasteiger partial charge is 0.229 e. The van der Waals surface area contributed by atoms with Crippen LogP contribution in [0.25, 0.3) is 11.3 Å². The van der Waals surface area contributed by atoms with Crippen LogP contribution in [0.4, 0.5) is 15.9 Å². The van der Waals surface area contributed by atoms with E-state index >= 15 is 0 Å². The Kier molecular flexibility index (Phi) is 6.02. The number of amides is 1. The summed E-state index contributed by atoms with van der Waals surface area (Å²) in [7, 11) is 0. The summed E-state index contributed by atoms with van der Waals surface area (Å²) in [4.78, 5) is 22.1. The van der Waals surface area contributed by atoms with Crippen LogP contribution >= 0.6 is 0 Å². The first-order valence-corrected chi connectivity index (χ1v) is 10.4. The number of nitrogens with one attached hydrogen (secondary N) is 1. The van der Waals surface area contributed by atoms with Gasteiger partial charge in [0.05, 0.1) is 24.0 Å². The molecule has 154 valence electrons. The highest BCUT2D eigenvalue weighted by atomic mass is 19.1. The van der Waals surface area contributed by atoms with Crippen molar-refractivity contribution in [2.24, 2.45) is 0 Å². The number of rotatable bonds is 5. The highest BCUT2D eigenvalue weighted by Gasteiger charge is 2.23. The van der Waals surface area contributed by atoms with Crippen LogP contribution in [0.3, 0.4) is 0 Å². The first-order valence-electron chi connectivity index (χ1n) is 10.4. The normalized spacial score (nSPS) is 14.4. The summed E-state index contributed by atoms with van der Waals surface area (Å²) in [6.07, 6.45) is 7.47. The van der Waals surface area contributed by atoms with Crippen molar-refractivity contribution in [1.29, 1.82) is 0 Å². The molecule has 3 aromatic rings. The van der Waals surface area contributed by atoms with Gasteiger partial charge in [-0.2, -0.15) is 0 Å². The zero-order valence-electron chi connectivity index (χ0n) is 16.8. The second-order valence-electron chi connectivity index (χ2n) is 7.80. The number of nitrogens with two attached hydrogens (primary N) is 1. The molecule has 0 aliphatic heterocycles. The summed E-state index contributed by atoms with van der Waals surface area (Å²) >= 11 is 0. The van der Waals surface area contributed by atoms with E-state index in [2.05, 4.69) is 10.3 Å². The molecule has 0 bridgehead atoms. The summed E-state index contributed by atoms with van der Waals surface area (Å²) < 4.78 is 13.1. The van der Waals surface area contributed by atoms with E-state index in [0.29, 0.717) is 11.5 Å². The molecule has 0 unspecified atom stereocenters. The minimum Gasteiger partial charge on any atom is -0.399 e. The third-order valence-electron chi connectivity index (χ3n) is 5.53. The molecule has 1 fully saturated rings. The average Bonchev–Trinajstić information content (AvgIpc) is 2.77. The standard InChI is InChI=1S/C24H25FN4O/c25-19-10-6-16(7-11-19)14-22(30)29-24-23(18-4-2-1-3-5-18)28-21(15-27-24)17-8-12-20(26)13-9-17/h6-13,15,18H,1-5,14,26H2,(H,27,29,30). The summed E-state index contributed by atoms with van der Waals surface area (Å²) in [5.41, 5.74) is 9.80. The molecule has 4 rings (SSSR count). The van der Waals surface area contributed by atoms with E-state index in [4.69, 9.17) is 10.7 Å². The average molecular weight is 404 g/mol. The number of nitrogen functional groups attached to an aromatic ring is 1. The lowest BCUT2D eigenvalue weighted by atomic mass is 9.86. The molecule has 2 aromatic carbocycles. The van der Waals surface area contributed by atoms with Crippen molar-refractivity contribution in [3.63, 3.8) is 0 Å². The molecule has 5 nitrogen and oxygen atoms in total. The van der Waals surface area contributed by atoms with Crippen LogP contribution < -0.4 is 11.1 Å². The van der Waals surface area contributed by atoms with E-state index < -0.39 is 0 Å². The zero-order valence-corrected chi connectivity index (χ0v) is 16.8. The summed E-state index contributed by atoms with van der Waals surface area (Å²) in [6, 6.07) is 13.5. The van der Waals surface area contributed by atoms with E-state index in [1.807, 2.05) is 24.3 Å². The SMILES string of the molecule is Nc1ccc(-c2cnc(NC(=O)Cc3ccc(F)cc3)c(C3CCCCC3)n2)cc1. The topological polar surface area (TPSA) is 80.9 Å². The number of nitrogens with zero attached hydrogens (tertiary/aromatic N) is 2. The van der Waals surface area contributed by atoms with Crippen LogP contribution in [0.5, 0.6) is 0 Å². The second-order valence-corrected chi connectivity index (χ2v) is 7.80. The molecule has 0 atom stereocenters. The fourth-order valence-corrected chi connectivity index (χ4v) is 3.92. The largest absolute Gasteiger partial charge is 0.399 e. The molecular formula is C24H25FN4O. The molecule has 0 radical (unpaired) electrons. The number of hydrogen-bond donors (Lipinski definition) is 2. The number of carbonyl (C=O) groups is 1. The maximum Gasteiger partial charge on any atom is 0.229 e. The summed E-state index contributed by atoms with van der Waals surface area (Å²) in [6.45, 7) is 0. The number of anilines is 2. The molecule has 1 saturated carbocycles. The van der Waals surface area contributed by atoms with Gasteiger partial charge in [-0.05, 0) is 42.7 Å². The molecular weight excluding hydrogens is 379 g/mol. The molecule has 30 heavy (non-hydrogen) atoms. The Morgan fingerprint density at radius 1 is 1.03 bits per heavy atom. The Balaban J connectivity index is 1.59. The van der Waals surface area contributed by atoms with Crippen LogP contribution in [-0.2, 0) is 11.2 Å². The molecule has 1 aliphatic rings. The second kappa shape index (κ2) is 9.03. The number of hydrogen-bond acceptors (Lipinski definition) is 4. The first-order chi connectivity index (χ1) is 14.6. The predicted molar refractivity (Wildman–Crippen MR) is 116 cm³/mol. The Bertz CT molecular complexity index is 1010. The molecule has 3 N–H and O–H groups in total. The number of halogens is 1. The van der Waals surface area contributed by atoms with Crippen molar-refractivity contribution in [1.82, 2.24) is 9.97 Å². The maximum atomic E-state index is 13.1. The first kappa shape index (κ1) is 20.0. The Morgan fingerprint density at radius 2 is 1.73 bits per heavy atom. The van der Waals surface area contributed by atoms with Gasteiger partial charge in [0.25, 0.3) is 0 Å². The zero-order chi connectivity index (χ0) is 20.9. The van der Waals surface area contributed by atoms with Gasteiger partial charge < -0.3 is 11.1 Å². The molecule has 1 amide bonds. The van der Waals surface area contributed by atoms with Gasteiger partial charge in [0.2, 0.25) is 5.91 Å². The van der Waals surface area contributed by atoms with Gasteiger partial charge in [-0.15, -0.1) is 0 Å². The maximum absolute atomic E-state index is 13.1. The quantitative estimate of drug-likeness (QED) is 0.580. The fraction of sp³-hybridized carbons (Fsp3) is 0.292. The summed E-state index contributed by atoms with van der Waals surface area (Å²) in [5, 5.41) is 2.93. The predicted octanol–water partition coefficient (Wildman–Crippen LogP) is 5.09. The Hall–Kier alpha value is -3.28. The van der Waals surface area contributed by atoms with Crippen molar-refractivity contribution in [3.05, 3.63) is 71.8 Å². The van der Waals surface area contributed by atoms with Crippen LogP contribution in [0.2, 0.25) is 0 Å². The van der Waals surface area contributed by atoms with E-state index in [0.717, 1.165) is 48.2 Å². The van der Waals surface area contributed by atoms with E-state index in [9.17, 15) is 9.18 Å². The van der Waals surface area contributed by atoms with Gasteiger partial charge in [0.15, 0.2) is 5.82 Å². The highest BCUT2D eigenvalue weighted by molar-refractivity contribution is 5.92. The highest BCUT2D eigenvalue weighted by Crippen LogP contribution is 2.35. The van der Waals surface area contributed by atoms with E-state index in [1.54, 1.807) is 18.3 Å². The van der Waals surface area contributed by atoms with E-state index in [-0.39, 0.29) is 24.1 Å². The van der Waals surface area contributed by atoms with Crippen molar-refractivity contribution in [3.8, 4) is 11.3 Å². The fourth-order valence-electron chi connectivity index (χ4n) is 3.92. The minimum atomic E-state index is -0.317. The summed E-state index contributed by atoms with van der Waals surface area (Å²) in [5.74, 6) is 0.297. The van der Waals surface area contributed by atoms with Crippen molar-refractivity contribution in [2.75, 3.05) is 11.1 Å². The molecule has 1 aliphatic carbocycles. The molecule has 0 spiro atoms. The monoisotopic (exact) mass is 404 g/mol. The number of carbonyl (C=O) groups excluding carboxylic acids is 1. The number of benzene rings is 2. The minimum absolute atomic E-state index is 0.159. The lowest BCUT2D eigenvalue weighted by molar-refractivity contribution is -0.115. The Labute approximate surface area is 175 Å². The lowest BCUT2D eigenvalue weighted by Gasteiger charge is -2.23. The third kappa shape index (κ3) is 4.82. The molecule has 1 aromatic heterocycles. The van der Waals surface area contributed by atoms with Crippen molar-refractivity contribution >= 4 is 17.4 Å². The van der Waals surface area contributed by atoms with Crippen molar-refractivity contribution < 1.29 is 9.18 Å². The van der Waals surface area contributed by atoms with Crippen molar-refractivity contribution in [2.45, 2.75) is 44.4 Å². The van der Waals surface area contributed by atoms with Crippen LogP contribution in [-0.4, -0.2) is 15.9 Å². The van der Waals surface area contributed by atoms with Crippen LogP contribution in [0, 0.1) is 5.82 Å². The van der Waals surface area contributed by atoms with Gasteiger partial charge in [-0.25, -0.2) is 14.4 Å². The van der Waals surface area contributed by atoms with E-state index in [1.165, 1.54) is 18.6 Å². The lowest BCUT2D eigenvalue weighted by Crippen LogP contribution is -2.19. The Morgan fingerprint density at radius 3 is 2.43 bits per heavy atom. The number of aromatic nitrogens is 2. The molecule has 0 saturated heterocycles. The third-order valence-corrected chi connectivity index (χ3v) is 5.53.